The van der Waals surface area contributed by atoms with Gasteiger partial charge in [-0.1, -0.05) is 121 Å². The summed E-state index contributed by atoms with van der Waals surface area (Å²) in [6, 6.07) is 35.8. The number of carbonyl (C=O) groups is 2. The zero-order valence-corrected chi connectivity index (χ0v) is 43.5. The summed E-state index contributed by atoms with van der Waals surface area (Å²) in [6.07, 6.45) is -5.98. The Morgan fingerprint density at radius 2 is 1.16 bits per heavy atom. The molecule has 76 heavy (non-hydrogen) atoms. The van der Waals surface area contributed by atoms with Crippen molar-refractivity contribution in [2.45, 2.75) is 125 Å². The van der Waals surface area contributed by atoms with Crippen LogP contribution in [0.2, 0.25) is 0 Å². The minimum atomic E-state index is -4.75. The fourth-order valence-electron chi connectivity index (χ4n) is 13.6. The van der Waals surface area contributed by atoms with Crippen molar-refractivity contribution in [3.8, 4) is 0 Å². The minimum Gasteiger partial charge on any atom is -0.465 e. The molecule has 0 aromatic heterocycles. The van der Waals surface area contributed by atoms with Gasteiger partial charge in [-0.25, -0.2) is 0 Å². The van der Waals surface area contributed by atoms with E-state index in [0.717, 1.165) is 16.0 Å². The van der Waals surface area contributed by atoms with Gasteiger partial charge >= 0.3 is 11.9 Å². The predicted molar refractivity (Wildman–Crippen MR) is 270 cm³/mol. The summed E-state index contributed by atoms with van der Waals surface area (Å²) in [5.74, 6) is -13.3. The van der Waals surface area contributed by atoms with Crippen LogP contribution < -0.4 is 0 Å². The monoisotopic (exact) mass is 1060 g/mol. The van der Waals surface area contributed by atoms with Crippen LogP contribution in [0.4, 0.5) is 8.78 Å². The van der Waals surface area contributed by atoms with E-state index in [-0.39, 0.29) is 94.7 Å². The summed E-state index contributed by atoms with van der Waals surface area (Å²) in [6.45, 7) is -0.679. The number of aliphatic hydroxyl groups is 1. The molecule has 3 saturated heterocycles. The van der Waals surface area contributed by atoms with Gasteiger partial charge < -0.3 is 62.1 Å². The van der Waals surface area contributed by atoms with Crippen molar-refractivity contribution in [2.24, 2.45) is 35.5 Å². The molecule has 15 nitrogen and oxygen atoms in total. The van der Waals surface area contributed by atoms with Gasteiger partial charge in [0, 0.05) is 40.3 Å². The lowest BCUT2D eigenvalue weighted by Gasteiger charge is -2.57. The van der Waals surface area contributed by atoms with Crippen molar-refractivity contribution in [1.29, 1.82) is 0 Å². The van der Waals surface area contributed by atoms with Gasteiger partial charge in [-0.3, -0.25) is 9.59 Å². The Hall–Kier alpha value is -4.76. The molecule has 15 atom stereocenters. The highest BCUT2D eigenvalue weighted by Crippen LogP contribution is 2.59. The van der Waals surface area contributed by atoms with Crippen molar-refractivity contribution in [2.75, 3.05) is 48.4 Å². The molecule has 1 N–H and O–H groups in total. The third kappa shape index (κ3) is 11.0. The maximum Gasteiger partial charge on any atom is 0.379 e. The molecule has 3 heterocycles. The predicted octanol–water partition coefficient (Wildman–Crippen LogP) is 7.15. The van der Waals surface area contributed by atoms with Gasteiger partial charge in [0.05, 0.1) is 70.0 Å². The van der Waals surface area contributed by atoms with Crippen LogP contribution in [-0.4, -0.2) is 143 Å². The Morgan fingerprint density at radius 3 is 1.68 bits per heavy atom. The van der Waals surface area contributed by atoms with Crippen LogP contribution in [-0.2, 0) is 88.1 Å². The van der Waals surface area contributed by atoms with E-state index in [1.165, 1.54) is 7.05 Å². The number of nitrogens with zero attached hydrogens (tertiary/aromatic N) is 1. The topological polar surface area (TPSA) is 159 Å². The van der Waals surface area contributed by atoms with Gasteiger partial charge in [-0.05, 0) is 71.6 Å². The molecule has 3 aliphatic heterocycles. The Morgan fingerprint density at radius 1 is 0.658 bits per heavy atom. The van der Waals surface area contributed by atoms with E-state index >= 15 is 13.6 Å². The van der Waals surface area contributed by atoms with Gasteiger partial charge in [0.2, 0.25) is 0 Å². The van der Waals surface area contributed by atoms with Crippen LogP contribution in [0.5, 0.6) is 0 Å². The average molecular weight is 1060 g/mol. The van der Waals surface area contributed by atoms with E-state index in [1.54, 1.807) is 45.6 Å². The summed E-state index contributed by atoms with van der Waals surface area (Å²) >= 11 is 0. The molecular formula is C59H71F2NO14. The van der Waals surface area contributed by atoms with Gasteiger partial charge in [-0.15, -0.1) is 0 Å². The van der Waals surface area contributed by atoms with Gasteiger partial charge in [0.1, 0.15) is 37.3 Å². The number of halogens is 2. The minimum absolute atomic E-state index is 0.00833. The van der Waals surface area contributed by atoms with Crippen LogP contribution in [0.25, 0.3) is 0 Å². The zero-order chi connectivity index (χ0) is 53.0. The third-order valence-electron chi connectivity index (χ3n) is 17.1. The van der Waals surface area contributed by atoms with E-state index in [2.05, 4.69) is 0 Å². The normalized spacial score (nSPS) is 35.2. The largest absolute Gasteiger partial charge is 0.465 e. The second kappa shape index (κ2) is 24.1. The summed E-state index contributed by atoms with van der Waals surface area (Å²) in [5.41, 5.74) is 2.90. The first-order valence-corrected chi connectivity index (χ1v) is 26.6. The molecule has 3 aliphatic carbocycles. The lowest BCUT2D eigenvalue weighted by molar-refractivity contribution is -0.416. The molecule has 1 amide bonds. The Labute approximate surface area is 443 Å². The fraction of sp³-hybridized carbons (Fsp3) is 0.559. The van der Waals surface area contributed by atoms with Crippen LogP contribution in [0.3, 0.4) is 0 Å². The number of carbonyl (C=O) groups excluding carboxylic acids is 2. The average Bonchev–Trinajstić information content (AvgIpc) is 4.14. The first kappa shape index (κ1) is 54.6. The van der Waals surface area contributed by atoms with Crippen molar-refractivity contribution in [3.63, 3.8) is 0 Å². The molecule has 6 fully saturated rings. The van der Waals surface area contributed by atoms with Crippen molar-refractivity contribution < 1.29 is 75.6 Å². The number of alkyl halides is 2. The van der Waals surface area contributed by atoms with Crippen LogP contribution >= 0.6 is 0 Å². The summed E-state index contributed by atoms with van der Waals surface area (Å²) < 4.78 is 106. The summed E-state index contributed by atoms with van der Waals surface area (Å²) in [4.78, 5) is 30.8. The molecule has 6 aliphatic rings. The Bertz CT molecular complexity index is 2490. The third-order valence-corrected chi connectivity index (χ3v) is 17.1. The first-order chi connectivity index (χ1) is 36.9. The lowest BCUT2D eigenvalue weighted by atomic mass is 9.51. The summed E-state index contributed by atoms with van der Waals surface area (Å²) in [7, 11) is 6.21. The molecule has 10 rings (SSSR count). The summed E-state index contributed by atoms with van der Waals surface area (Å²) in [5, 5.41) is 13.3. The molecule has 0 spiro atoms. The molecule has 4 aromatic rings. The smallest absolute Gasteiger partial charge is 0.379 e. The fourth-order valence-corrected chi connectivity index (χ4v) is 13.6. The number of hydrogen-bond acceptors (Lipinski definition) is 14. The number of methoxy groups -OCH3 is 3. The Kier molecular flexibility index (Phi) is 17.3. The standard InChI is InChI=1S/C59H71F2NO14/c1-62(51-42-28-45-44(74-35-75-45)27-41(42)49(50-43(51)33-73-56(50)63)40-25-46(66-2)52(68-4)47(26-40)67-3)57(64)58(60,61)59(65)55(72-32-39-23-15-8-16-24-39)54(71-31-38-21-13-7-14-22-38)53(70-30-37-19-11-6-12-20-37)48(76-59)34-69-29-36-17-9-5-10-18-36/h5-24,40-55,65H,25-35H2,1-4H3/t40?,41?,42?,43?,44?,45?,46?,47?,48-,49-,50+,51-,52?,53-,54+,55-,59-/m1/s1. The number of amides is 1. The Balaban J connectivity index is 1.03. The number of hydrogen-bond donors (Lipinski definition) is 1. The van der Waals surface area contributed by atoms with Crippen molar-refractivity contribution in [1.82, 2.24) is 4.90 Å². The first-order valence-electron chi connectivity index (χ1n) is 26.6. The molecule has 410 valence electrons. The molecule has 7 unspecified atom stereocenters. The zero-order valence-electron chi connectivity index (χ0n) is 43.5. The van der Waals surface area contributed by atoms with Crippen LogP contribution in [0, 0.1) is 35.5 Å². The van der Waals surface area contributed by atoms with E-state index in [4.69, 9.17) is 52.1 Å². The molecule has 4 aromatic carbocycles. The van der Waals surface area contributed by atoms with E-state index in [0.29, 0.717) is 36.8 Å². The maximum atomic E-state index is 18.6. The number of benzene rings is 4. The van der Waals surface area contributed by atoms with Crippen molar-refractivity contribution in [3.05, 3.63) is 144 Å². The second-order valence-corrected chi connectivity index (χ2v) is 21.3. The molecule has 0 radical (unpaired) electrons. The number of ether oxygens (including phenoxy) is 11. The lowest BCUT2D eigenvalue weighted by Crippen LogP contribution is -2.76. The van der Waals surface area contributed by atoms with Crippen LogP contribution in [0.15, 0.2) is 121 Å². The molecular weight excluding hydrogens is 985 g/mol. The molecule has 17 heteroatoms. The SMILES string of the molecule is COC1CC([C@@H]2C3CC4OCOC4CC3[C@@H](N(C)C(=O)C(F)(F)[C@]3(O)O[C@H](COCc4ccccc4)[C@@H](OCc4ccccc4)[C@H](OCc4ccccc4)[C@H]3OCc3ccccc3)C3COC(=O)[C@@H]32)CC(OC)C1OC. The highest BCUT2D eigenvalue weighted by molar-refractivity contribution is 5.85. The van der Waals surface area contributed by atoms with E-state index < -0.39 is 71.8 Å². The number of rotatable bonds is 20. The number of esters is 1. The highest BCUT2D eigenvalue weighted by atomic mass is 19.3. The molecule has 3 saturated carbocycles. The second-order valence-electron chi connectivity index (χ2n) is 21.3. The van der Waals surface area contributed by atoms with Crippen LogP contribution in [0.1, 0.15) is 47.9 Å². The quantitative estimate of drug-likeness (QED) is 0.0890. The van der Waals surface area contributed by atoms with Gasteiger partial charge in [0.25, 0.3) is 11.7 Å². The number of cyclic esters (lactones) is 1. The highest BCUT2D eigenvalue weighted by Gasteiger charge is 2.73. The van der Waals surface area contributed by atoms with Crippen molar-refractivity contribution >= 4 is 11.9 Å². The maximum absolute atomic E-state index is 18.6. The van der Waals surface area contributed by atoms with E-state index in [1.807, 2.05) is 97.1 Å². The number of fused-ring (bicyclic) bond motifs is 3. The van der Waals surface area contributed by atoms with E-state index in [9.17, 15) is 9.90 Å². The van der Waals surface area contributed by atoms with Gasteiger partial charge in [0.15, 0.2) is 0 Å². The molecule has 0 bridgehead atoms. The van der Waals surface area contributed by atoms with Gasteiger partial charge in [-0.2, -0.15) is 8.78 Å².